The van der Waals surface area contributed by atoms with Gasteiger partial charge in [0.1, 0.15) is 6.61 Å². The largest absolute Gasteiger partial charge is 0.481 e. The number of ether oxygens (including phenoxy) is 1. The van der Waals surface area contributed by atoms with Crippen LogP contribution in [0.4, 0.5) is 0 Å². The molecule has 0 aliphatic heterocycles. The summed E-state index contributed by atoms with van der Waals surface area (Å²) in [4.78, 5) is 21.6. The van der Waals surface area contributed by atoms with Crippen LogP contribution in [0.15, 0.2) is 24.3 Å². The van der Waals surface area contributed by atoms with Gasteiger partial charge < -0.3 is 9.84 Å². The van der Waals surface area contributed by atoms with Crippen LogP contribution < -0.4 is 0 Å². The Morgan fingerprint density at radius 1 is 1.29 bits per heavy atom. The molecule has 0 spiro atoms. The highest BCUT2D eigenvalue weighted by Gasteiger charge is 2.16. The molecule has 1 aromatic rings. The van der Waals surface area contributed by atoms with Gasteiger partial charge >= 0.3 is 11.9 Å². The molecule has 1 atom stereocenters. The lowest BCUT2D eigenvalue weighted by molar-refractivity contribution is -0.142. The predicted molar refractivity (Wildman–Crippen MR) is 62.6 cm³/mol. The summed E-state index contributed by atoms with van der Waals surface area (Å²) in [7, 11) is 0. The molecule has 0 bridgehead atoms. The topological polar surface area (TPSA) is 63.6 Å². The van der Waals surface area contributed by atoms with Gasteiger partial charge in [0.15, 0.2) is 0 Å². The molecule has 0 heterocycles. The van der Waals surface area contributed by atoms with Gasteiger partial charge in [0.05, 0.1) is 5.92 Å². The molecule has 1 N–H and O–H groups in total. The van der Waals surface area contributed by atoms with Crippen molar-refractivity contribution < 1.29 is 19.4 Å². The molecule has 92 valence electrons. The zero-order valence-corrected chi connectivity index (χ0v) is 9.97. The van der Waals surface area contributed by atoms with Crippen molar-refractivity contribution in [1.29, 1.82) is 0 Å². The molecule has 0 saturated heterocycles. The molecule has 4 heteroatoms. The van der Waals surface area contributed by atoms with Gasteiger partial charge in [-0.25, -0.2) is 0 Å². The van der Waals surface area contributed by atoms with E-state index < -0.39 is 11.9 Å². The molecular formula is C13H16O4. The summed E-state index contributed by atoms with van der Waals surface area (Å²) in [5.74, 6) is -1.62. The fourth-order valence-corrected chi connectivity index (χ4v) is 1.58. The van der Waals surface area contributed by atoms with Crippen LogP contribution in [0, 0.1) is 0 Å². The molecule has 0 aromatic heterocycles. The van der Waals surface area contributed by atoms with Crippen molar-refractivity contribution in [3.05, 3.63) is 35.4 Å². The highest BCUT2D eigenvalue weighted by Crippen LogP contribution is 2.20. The van der Waals surface area contributed by atoms with Crippen molar-refractivity contribution in [3.8, 4) is 0 Å². The molecule has 0 radical (unpaired) electrons. The maximum Gasteiger partial charge on any atom is 0.310 e. The Balaban J connectivity index is 2.73. The second kappa shape index (κ2) is 6.03. The lowest BCUT2D eigenvalue weighted by Gasteiger charge is -2.10. The number of hydrogen-bond donors (Lipinski definition) is 1. The summed E-state index contributed by atoms with van der Waals surface area (Å²) in [6.07, 6.45) is 0.554. The minimum Gasteiger partial charge on any atom is -0.481 e. The highest BCUT2D eigenvalue weighted by molar-refractivity contribution is 5.76. The number of benzene rings is 1. The smallest absolute Gasteiger partial charge is 0.310 e. The molecule has 1 aromatic carbocycles. The Hall–Kier alpha value is -1.84. The van der Waals surface area contributed by atoms with E-state index in [4.69, 9.17) is 9.84 Å². The van der Waals surface area contributed by atoms with Crippen molar-refractivity contribution in [2.45, 2.75) is 32.8 Å². The van der Waals surface area contributed by atoms with Crippen LogP contribution in [-0.2, 0) is 20.9 Å². The summed E-state index contributed by atoms with van der Waals surface area (Å²) in [5.41, 5.74) is 1.62. The Morgan fingerprint density at radius 2 is 1.88 bits per heavy atom. The Labute approximate surface area is 100 Å². The first-order chi connectivity index (χ1) is 8.04. The van der Waals surface area contributed by atoms with Crippen molar-refractivity contribution in [2.24, 2.45) is 0 Å². The molecule has 1 rings (SSSR count). The van der Waals surface area contributed by atoms with Gasteiger partial charge in [0.2, 0.25) is 0 Å². The van der Waals surface area contributed by atoms with Crippen LogP contribution in [0.3, 0.4) is 0 Å². The van der Waals surface area contributed by atoms with Crippen LogP contribution in [0.5, 0.6) is 0 Å². The SMILES string of the molecule is CC[C@@H](C(=O)O)c1ccc(COC(C)=O)cc1. The van der Waals surface area contributed by atoms with E-state index in [0.29, 0.717) is 6.42 Å². The number of carbonyl (C=O) groups excluding carboxylic acids is 1. The average Bonchev–Trinajstić information content (AvgIpc) is 2.28. The minimum absolute atomic E-state index is 0.222. The second-order valence-electron chi connectivity index (χ2n) is 3.82. The average molecular weight is 236 g/mol. The van der Waals surface area contributed by atoms with E-state index >= 15 is 0 Å². The Kier molecular flexibility index (Phi) is 4.69. The fraction of sp³-hybridized carbons (Fsp3) is 0.385. The first kappa shape index (κ1) is 13.2. The first-order valence-corrected chi connectivity index (χ1v) is 5.49. The third-order valence-corrected chi connectivity index (χ3v) is 2.53. The molecule has 0 aliphatic rings. The maximum atomic E-state index is 11.0. The Bertz CT molecular complexity index is 394. The summed E-state index contributed by atoms with van der Waals surface area (Å²) in [6, 6.07) is 7.09. The van der Waals surface area contributed by atoms with Crippen molar-refractivity contribution in [1.82, 2.24) is 0 Å². The highest BCUT2D eigenvalue weighted by atomic mass is 16.5. The van der Waals surface area contributed by atoms with Gasteiger partial charge in [-0.05, 0) is 17.5 Å². The van der Waals surface area contributed by atoms with E-state index in [1.807, 2.05) is 6.92 Å². The lowest BCUT2D eigenvalue weighted by atomic mass is 9.96. The zero-order valence-electron chi connectivity index (χ0n) is 9.97. The van der Waals surface area contributed by atoms with Crippen LogP contribution in [0.25, 0.3) is 0 Å². The van der Waals surface area contributed by atoms with E-state index in [-0.39, 0.29) is 12.6 Å². The summed E-state index contributed by atoms with van der Waals surface area (Å²) >= 11 is 0. The molecule has 17 heavy (non-hydrogen) atoms. The normalized spacial score (nSPS) is 11.9. The van der Waals surface area contributed by atoms with E-state index in [1.54, 1.807) is 24.3 Å². The van der Waals surface area contributed by atoms with Crippen molar-refractivity contribution in [2.75, 3.05) is 0 Å². The number of aliphatic carboxylic acids is 1. The standard InChI is InChI=1S/C13H16O4/c1-3-12(13(15)16)11-6-4-10(5-7-11)8-17-9(2)14/h4-7,12H,3,8H2,1-2H3,(H,15,16)/t12-/m1/s1. The number of esters is 1. The summed E-state index contributed by atoms with van der Waals surface area (Å²) < 4.78 is 4.85. The summed E-state index contributed by atoms with van der Waals surface area (Å²) in [6.45, 7) is 3.41. The monoisotopic (exact) mass is 236 g/mol. The molecule has 0 unspecified atom stereocenters. The zero-order chi connectivity index (χ0) is 12.8. The maximum absolute atomic E-state index is 11.0. The molecule has 0 aliphatic carbocycles. The van der Waals surface area contributed by atoms with Crippen molar-refractivity contribution >= 4 is 11.9 Å². The third kappa shape index (κ3) is 3.90. The van der Waals surface area contributed by atoms with Gasteiger partial charge in [0, 0.05) is 6.92 Å². The van der Waals surface area contributed by atoms with Gasteiger partial charge in [0.25, 0.3) is 0 Å². The van der Waals surface area contributed by atoms with Gasteiger partial charge in [-0.2, -0.15) is 0 Å². The first-order valence-electron chi connectivity index (χ1n) is 5.49. The van der Waals surface area contributed by atoms with E-state index in [0.717, 1.165) is 11.1 Å². The van der Waals surface area contributed by atoms with Crippen LogP contribution >= 0.6 is 0 Å². The number of carboxylic acids is 1. The van der Waals surface area contributed by atoms with Gasteiger partial charge in [-0.3, -0.25) is 9.59 Å². The lowest BCUT2D eigenvalue weighted by Crippen LogP contribution is -2.10. The quantitative estimate of drug-likeness (QED) is 0.797. The third-order valence-electron chi connectivity index (χ3n) is 2.53. The number of hydrogen-bond acceptors (Lipinski definition) is 3. The van der Waals surface area contributed by atoms with E-state index in [9.17, 15) is 9.59 Å². The van der Waals surface area contributed by atoms with Crippen LogP contribution in [0.2, 0.25) is 0 Å². The summed E-state index contributed by atoms with van der Waals surface area (Å²) in [5, 5.41) is 9.00. The fourth-order valence-electron chi connectivity index (χ4n) is 1.58. The van der Waals surface area contributed by atoms with Gasteiger partial charge in [-0.1, -0.05) is 31.2 Å². The van der Waals surface area contributed by atoms with Crippen LogP contribution in [-0.4, -0.2) is 17.0 Å². The predicted octanol–water partition coefficient (Wildman–Crippen LogP) is 2.33. The van der Waals surface area contributed by atoms with E-state index in [1.165, 1.54) is 6.92 Å². The number of carbonyl (C=O) groups is 2. The molecular weight excluding hydrogens is 220 g/mol. The Morgan fingerprint density at radius 3 is 2.29 bits per heavy atom. The van der Waals surface area contributed by atoms with Gasteiger partial charge in [-0.15, -0.1) is 0 Å². The minimum atomic E-state index is -0.819. The van der Waals surface area contributed by atoms with Crippen molar-refractivity contribution in [3.63, 3.8) is 0 Å². The molecule has 0 fully saturated rings. The number of rotatable bonds is 5. The van der Waals surface area contributed by atoms with Crippen LogP contribution in [0.1, 0.15) is 37.3 Å². The second-order valence-corrected chi connectivity index (χ2v) is 3.82. The number of carboxylic acid groups (broad SMARTS) is 1. The van der Waals surface area contributed by atoms with E-state index in [2.05, 4.69) is 0 Å². The molecule has 0 amide bonds. The molecule has 4 nitrogen and oxygen atoms in total. The molecule has 0 saturated carbocycles.